The lowest BCUT2D eigenvalue weighted by Crippen LogP contribution is -1.98. The van der Waals surface area contributed by atoms with Gasteiger partial charge in [-0.05, 0) is 40.8 Å². The number of aromatic nitrogens is 1. The number of anilines is 1. The van der Waals surface area contributed by atoms with Crippen molar-refractivity contribution in [3.8, 4) is 0 Å². The molecule has 1 aromatic heterocycles. The van der Waals surface area contributed by atoms with Gasteiger partial charge in [-0.25, -0.2) is 18.2 Å². The molecule has 1 heterocycles. The van der Waals surface area contributed by atoms with Crippen LogP contribution >= 0.6 is 22.6 Å². The first kappa shape index (κ1) is 11.4. The normalized spacial score (nSPS) is 11.3. The summed E-state index contributed by atoms with van der Waals surface area (Å²) in [5, 5.41) is 0.355. The number of hydrogen-bond donors (Lipinski definition) is 1. The quantitative estimate of drug-likeness (QED) is 0.809. The molecule has 0 radical (unpaired) electrons. The van der Waals surface area contributed by atoms with E-state index in [1.165, 1.54) is 12.1 Å². The van der Waals surface area contributed by atoms with Crippen LogP contribution in [0.15, 0.2) is 18.2 Å². The minimum absolute atomic E-state index is 0.109. The average molecular weight is 338 g/mol. The predicted octanol–water partition coefficient (Wildman–Crippen LogP) is 3.50. The molecule has 0 amide bonds. The zero-order chi connectivity index (χ0) is 11.9. The van der Waals surface area contributed by atoms with E-state index in [-0.39, 0.29) is 5.69 Å². The maximum absolute atomic E-state index is 13.1. The minimum atomic E-state index is -2.69. The zero-order valence-electron chi connectivity index (χ0n) is 7.85. The second kappa shape index (κ2) is 4.08. The summed E-state index contributed by atoms with van der Waals surface area (Å²) in [6.07, 6.45) is -2.69. The Morgan fingerprint density at radius 2 is 1.94 bits per heavy atom. The van der Waals surface area contributed by atoms with E-state index in [4.69, 9.17) is 5.73 Å². The van der Waals surface area contributed by atoms with Crippen molar-refractivity contribution < 1.29 is 13.2 Å². The van der Waals surface area contributed by atoms with E-state index >= 15 is 0 Å². The van der Waals surface area contributed by atoms with Crippen molar-refractivity contribution in [1.82, 2.24) is 4.98 Å². The molecule has 0 fully saturated rings. The van der Waals surface area contributed by atoms with Crippen molar-refractivity contribution in [2.75, 3.05) is 5.73 Å². The summed E-state index contributed by atoms with van der Waals surface area (Å²) in [4.78, 5) is 3.77. The van der Waals surface area contributed by atoms with Crippen LogP contribution in [0.5, 0.6) is 0 Å². The Bertz CT molecular complexity index is 557. The van der Waals surface area contributed by atoms with Crippen LogP contribution in [0.2, 0.25) is 0 Å². The lowest BCUT2D eigenvalue weighted by Gasteiger charge is -2.07. The Labute approximate surface area is 103 Å². The maximum Gasteiger partial charge on any atom is 0.280 e. The molecule has 0 aliphatic heterocycles. The Kier molecular flexibility index (Phi) is 2.92. The third kappa shape index (κ3) is 1.93. The monoisotopic (exact) mass is 338 g/mol. The number of fused-ring (bicyclic) bond motifs is 1. The van der Waals surface area contributed by atoms with Gasteiger partial charge in [-0.2, -0.15) is 0 Å². The summed E-state index contributed by atoms with van der Waals surface area (Å²) in [7, 11) is 0. The van der Waals surface area contributed by atoms with Crippen LogP contribution in [-0.2, 0) is 0 Å². The van der Waals surface area contributed by atoms with Gasteiger partial charge in [-0.3, -0.25) is 0 Å². The van der Waals surface area contributed by atoms with Crippen LogP contribution in [0.1, 0.15) is 12.1 Å². The van der Waals surface area contributed by atoms with E-state index in [1.54, 1.807) is 0 Å². The van der Waals surface area contributed by atoms with Crippen LogP contribution < -0.4 is 5.73 Å². The molecule has 0 saturated heterocycles. The Hall–Kier alpha value is -1.05. The number of benzene rings is 1. The topological polar surface area (TPSA) is 38.9 Å². The molecule has 0 aliphatic carbocycles. The molecule has 0 aliphatic rings. The van der Waals surface area contributed by atoms with Crippen molar-refractivity contribution in [2.45, 2.75) is 6.43 Å². The van der Waals surface area contributed by atoms with Gasteiger partial charge in [0.25, 0.3) is 6.43 Å². The third-order valence-corrected chi connectivity index (χ3v) is 2.93. The van der Waals surface area contributed by atoms with Crippen LogP contribution in [0.3, 0.4) is 0 Å². The molecule has 16 heavy (non-hydrogen) atoms. The lowest BCUT2D eigenvalue weighted by molar-refractivity contribution is 0.146. The van der Waals surface area contributed by atoms with E-state index < -0.39 is 17.9 Å². The second-order valence-corrected chi connectivity index (χ2v) is 4.38. The molecule has 2 aromatic rings. The molecular weight excluding hydrogens is 332 g/mol. The molecule has 0 unspecified atom stereocenters. The van der Waals surface area contributed by atoms with E-state index in [2.05, 4.69) is 4.98 Å². The van der Waals surface area contributed by atoms with Gasteiger partial charge in [0.15, 0.2) is 0 Å². The van der Waals surface area contributed by atoms with Gasteiger partial charge in [0.05, 0.1) is 5.52 Å². The summed E-state index contributed by atoms with van der Waals surface area (Å²) in [5.41, 5.74) is 5.61. The first-order valence-electron chi connectivity index (χ1n) is 4.32. The molecule has 84 valence electrons. The Morgan fingerprint density at radius 3 is 2.56 bits per heavy atom. The molecule has 1 aromatic carbocycles. The van der Waals surface area contributed by atoms with Gasteiger partial charge in [0.2, 0.25) is 0 Å². The van der Waals surface area contributed by atoms with Gasteiger partial charge in [0.1, 0.15) is 11.5 Å². The fraction of sp³-hybridized carbons (Fsp3) is 0.100. The molecular formula is C10H6F3IN2. The summed E-state index contributed by atoms with van der Waals surface area (Å²) in [6.45, 7) is 0. The smallest absolute Gasteiger partial charge is 0.280 e. The van der Waals surface area contributed by atoms with Crippen molar-refractivity contribution in [3.63, 3.8) is 0 Å². The first-order valence-corrected chi connectivity index (χ1v) is 5.40. The standard InChI is InChI=1S/C10H6F3IN2/c11-4-1-5-7(15)3-8(10(12)13)16-9(5)6(14)2-4/h1-3,10H,(H2,15,16). The van der Waals surface area contributed by atoms with Crippen LogP contribution in [-0.4, -0.2) is 4.98 Å². The predicted molar refractivity (Wildman–Crippen MR) is 63.8 cm³/mol. The number of nitrogens with two attached hydrogens (primary N) is 1. The minimum Gasteiger partial charge on any atom is -0.398 e. The fourth-order valence-corrected chi connectivity index (χ4v) is 2.12. The molecule has 0 atom stereocenters. The van der Waals surface area contributed by atoms with E-state index in [0.717, 1.165) is 6.07 Å². The van der Waals surface area contributed by atoms with Gasteiger partial charge >= 0.3 is 0 Å². The highest BCUT2D eigenvalue weighted by Crippen LogP contribution is 2.29. The number of pyridine rings is 1. The third-order valence-electron chi connectivity index (χ3n) is 2.11. The largest absolute Gasteiger partial charge is 0.398 e. The van der Waals surface area contributed by atoms with Gasteiger partial charge in [-0.1, -0.05) is 0 Å². The maximum atomic E-state index is 13.1. The second-order valence-electron chi connectivity index (χ2n) is 3.22. The van der Waals surface area contributed by atoms with Gasteiger partial charge in [-0.15, -0.1) is 0 Å². The highest BCUT2D eigenvalue weighted by atomic mass is 127. The molecule has 2 rings (SSSR count). The zero-order valence-corrected chi connectivity index (χ0v) is 10.0. The summed E-state index contributed by atoms with van der Waals surface area (Å²) < 4.78 is 38.5. The van der Waals surface area contributed by atoms with Crippen molar-refractivity contribution >= 4 is 39.2 Å². The number of nitrogens with zero attached hydrogens (tertiary/aromatic N) is 1. The summed E-state index contributed by atoms with van der Waals surface area (Å²) in [5.74, 6) is -0.463. The van der Waals surface area contributed by atoms with Crippen molar-refractivity contribution in [2.24, 2.45) is 0 Å². The summed E-state index contributed by atoms with van der Waals surface area (Å²) >= 11 is 1.84. The van der Waals surface area contributed by atoms with E-state index in [9.17, 15) is 13.2 Å². The molecule has 2 nitrogen and oxygen atoms in total. The number of nitrogen functional groups attached to an aromatic ring is 1. The molecule has 0 spiro atoms. The van der Waals surface area contributed by atoms with Gasteiger partial charge in [0, 0.05) is 14.6 Å². The number of hydrogen-bond acceptors (Lipinski definition) is 2. The highest BCUT2D eigenvalue weighted by molar-refractivity contribution is 14.1. The number of rotatable bonds is 1. The van der Waals surface area contributed by atoms with Crippen molar-refractivity contribution in [1.29, 1.82) is 0 Å². The Morgan fingerprint density at radius 1 is 1.25 bits per heavy atom. The molecule has 6 heteroatoms. The Balaban J connectivity index is 2.82. The SMILES string of the molecule is Nc1cc(C(F)F)nc2c(I)cc(F)cc12. The van der Waals surface area contributed by atoms with Crippen LogP contribution in [0.25, 0.3) is 10.9 Å². The van der Waals surface area contributed by atoms with E-state index in [0.29, 0.717) is 14.5 Å². The van der Waals surface area contributed by atoms with E-state index in [1.807, 2.05) is 22.6 Å². The number of halogens is 4. The summed E-state index contributed by atoms with van der Waals surface area (Å²) in [6, 6.07) is 3.49. The highest BCUT2D eigenvalue weighted by Gasteiger charge is 2.14. The van der Waals surface area contributed by atoms with Gasteiger partial charge < -0.3 is 5.73 Å². The molecule has 2 N–H and O–H groups in total. The van der Waals surface area contributed by atoms with Crippen molar-refractivity contribution in [3.05, 3.63) is 33.3 Å². The average Bonchev–Trinajstić information content (AvgIpc) is 2.19. The lowest BCUT2D eigenvalue weighted by atomic mass is 10.1. The fourth-order valence-electron chi connectivity index (χ4n) is 1.41. The molecule has 0 bridgehead atoms. The van der Waals surface area contributed by atoms with Crippen LogP contribution in [0.4, 0.5) is 18.9 Å². The first-order chi connectivity index (χ1) is 7.49. The number of alkyl halides is 2. The molecule has 0 saturated carbocycles. The van der Waals surface area contributed by atoms with Crippen LogP contribution in [0, 0.1) is 9.39 Å².